The number of carbonyl (C=O) groups excluding carboxylic acids is 1. The van der Waals surface area contributed by atoms with Gasteiger partial charge in [0.15, 0.2) is 0 Å². The number of thiophene rings is 1. The van der Waals surface area contributed by atoms with E-state index >= 15 is 0 Å². The van der Waals surface area contributed by atoms with E-state index in [2.05, 4.69) is 35.5 Å². The highest BCUT2D eigenvalue weighted by atomic mass is 32.1. The van der Waals surface area contributed by atoms with E-state index in [1.807, 2.05) is 0 Å². The number of hydrogen-bond acceptors (Lipinski definition) is 5. The van der Waals surface area contributed by atoms with Crippen molar-refractivity contribution in [3.8, 4) is 0 Å². The molecule has 1 amide bonds. The fraction of sp³-hybridized carbons (Fsp3) is 0.389. The van der Waals surface area contributed by atoms with Crippen LogP contribution in [0.4, 0.5) is 5.69 Å². The lowest BCUT2D eigenvalue weighted by Crippen LogP contribution is -2.44. The van der Waals surface area contributed by atoms with Gasteiger partial charge in [-0.1, -0.05) is 0 Å². The Labute approximate surface area is 150 Å². The molecule has 0 saturated carbocycles. The SMILES string of the molecule is CC1Cc2ccsc2C(C)N1CCNC(=O)c1ccc([N+](=O)[O-])cc1. The summed E-state index contributed by atoms with van der Waals surface area (Å²) >= 11 is 1.80. The zero-order chi connectivity index (χ0) is 18.0. The molecule has 0 spiro atoms. The third kappa shape index (κ3) is 3.72. The molecule has 2 unspecified atom stereocenters. The zero-order valence-electron chi connectivity index (χ0n) is 14.3. The number of nitro benzene ring substituents is 1. The van der Waals surface area contributed by atoms with Crippen molar-refractivity contribution in [2.75, 3.05) is 13.1 Å². The molecule has 2 aromatic rings. The number of non-ortho nitro benzene ring substituents is 1. The molecule has 7 heteroatoms. The van der Waals surface area contributed by atoms with E-state index in [0.29, 0.717) is 24.2 Å². The predicted octanol–water partition coefficient (Wildman–Crippen LogP) is 3.39. The number of nitrogens with zero attached hydrogens (tertiary/aromatic N) is 2. The van der Waals surface area contributed by atoms with E-state index in [1.165, 1.54) is 34.7 Å². The van der Waals surface area contributed by atoms with Gasteiger partial charge in [0.2, 0.25) is 0 Å². The first-order valence-corrected chi connectivity index (χ1v) is 9.20. The molecule has 0 saturated heterocycles. The lowest BCUT2D eigenvalue weighted by atomic mass is 9.97. The first-order valence-electron chi connectivity index (χ1n) is 8.32. The standard InChI is InChI=1S/C18H21N3O3S/c1-12-11-15-7-10-25-17(15)13(2)20(12)9-8-19-18(22)14-3-5-16(6-4-14)21(23)24/h3-7,10,12-13H,8-9,11H2,1-2H3,(H,19,22). The predicted molar refractivity (Wildman–Crippen MR) is 98.0 cm³/mol. The number of amides is 1. The number of hydrogen-bond donors (Lipinski definition) is 1. The Morgan fingerprint density at radius 2 is 2.04 bits per heavy atom. The van der Waals surface area contributed by atoms with Crippen LogP contribution in [-0.2, 0) is 6.42 Å². The van der Waals surface area contributed by atoms with Crippen LogP contribution in [0, 0.1) is 10.1 Å². The molecule has 3 rings (SSSR count). The monoisotopic (exact) mass is 359 g/mol. The van der Waals surface area contributed by atoms with Gasteiger partial charge in [-0.25, -0.2) is 0 Å². The summed E-state index contributed by atoms with van der Waals surface area (Å²) in [6.07, 6.45) is 1.04. The van der Waals surface area contributed by atoms with E-state index in [4.69, 9.17) is 0 Å². The van der Waals surface area contributed by atoms with Crippen LogP contribution in [-0.4, -0.2) is 34.9 Å². The van der Waals surface area contributed by atoms with Crippen LogP contribution in [0.2, 0.25) is 0 Å². The average molecular weight is 359 g/mol. The molecule has 1 aliphatic heterocycles. The Bertz CT molecular complexity index is 772. The molecule has 1 aromatic carbocycles. The summed E-state index contributed by atoms with van der Waals surface area (Å²) in [5.41, 5.74) is 1.86. The van der Waals surface area contributed by atoms with Crippen LogP contribution in [0.5, 0.6) is 0 Å². The highest BCUT2D eigenvalue weighted by Crippen LogP contribution is 2.35. The van der Waals surface area contributed by atoms with E-state index in [1.54, 1.807) is 11.3 Å². The van der Waals surface area contributed by atoms with Crippen LogP contribution >= 0.6 is 11.3 Å². The molecular weight excluding hydrogens is 338 g/mol. The zero-order valence-corrected chi connectivity index (χ0v) is 15.1. The van der Waals surface area contributed by atoms with Crippen molar-refractivity contribution in [3.05, 3.63) is 61.8 Å². The van der Waals surface area contributed by atoms with Gasteiger partial charge in [-0.3, -0.25) is 19.8 Å². The molecule has 0 bridgehead atoms. The second-order valence-electron chi connectivity index (χ2n) is 6.34. The van der Waals surface area contributed by atoms with Gasteiger partial charge in [0, 0.05) is 47.7 Å². The number of fused-ring (bicyclic) bond motifs is 1. The van der Waals surface area contributed by atoms with Crippen molar-refractivity contribution >= 4 is 22.9 Å². The maximum absolute atomic E-state index is 12.2. The van der Waals surface area contributed by atoms with Gasteiger partial charge in [-0.2, -0.15) is 0 Å². The third-order valence-electron chi connectivity index (χ3n) is 4.73. The quantitative estimate of drug-likeness (QED) is 0.656. The van der Waals surface area contributed by atoms with Crippen molar-refractivity contribution in [1.82, 2.24) is 10.2 Å². The molecule has 25 heavy (non-hydrogen) atoms. The number of rotatable bonds is 5. The van der Waals surface area contributed by atoms with Gasteiger partial charge < -0.3 is 5.32 Å². The van der Waals surface area contributed by atoms with Crippen molar-refractivity contribution in [2.24, 2.45) is 0 Å². The highest BCUT2D eigenvalue weighted by molar-refractivity contribution is 7.10. The minimum atomic E-state index is -0.473. The summed E-state index contributed by atoms with van der Waals surface area (Å²) in [4.78, 5) is 26.2. The van der Waals surface area contributed by atoms with Crippen LogP contribution < -0.4 is 5.32 Å². The third-order valence-corrected chi connectivity index (χ3v) is 5.86. The number of carbonyl (C=O) groups is 1. The van der Waals surface area contributed by atoms with Crippen LogP contribution in [0.15, 0.2) is 35.7 Å². The second-order valence-corrected chi connectivity index (χ2v) is 7.28. The molecule has 0 aliphatic carbocycles. The Morgan fingerprint density at radius 3 is 2.72 bits per heavy atom. The van der Waals surface area contributed by atoms with Gasteiger partial charge >= 0.3 is 0 Å². The molecule has 6 nitrogen and oxygen atoms in total. The first-order chi connectivity index (χ1) is 12.0. The van der Waals surface area contributed by atoms with E-state index in [0.717, 1.165) is 13.0 Å². The normalized spacial score (nSPS) is 20.1. The smallest absolute Gasteiger partial charge is 0.269 e. The average Bonchev–Trinajstić information content (AvgIpc) is 3.06. The van der Waals surface area contributed by atoms with Crippen molar-refractivity contribution in [3.63, 3.8) is 0 Å². The van der Waals surface area contributed by atoms with Gasteiger partial charge in [0.1, 0.15) is 0 Å². The summed E-state index contributed by atoms with van der Waals surface area (Å²) in [7, 11) is 0. The van der Waals surface area contributed by atoms with Crippen LogP contribution in [0.25, 0.3) is 0 Å². The fourth-order valence-electron chi connectivity index (χ4n) is 3.40. The van der Waals surface area contributed by atoms with Crippen molar-refractivity contribution in [1.29, 1.82) is 0 Å². The van der Waals surface area contributed by atoms with Gasteiger partial charge in [-0.15, -0.1) is 11.3 Å². The maximum Gasteiger partial charge on any atom is 0.269 e. The molecule has 1 aliphatic rings. The fourth-order valence-corrected chi connectivity index (χ4v) is 4.41. The molecule has 1 N–H and O–H groups in total. The summed E-state index contributed by atoms with van der Waals surface area (Å²) in [5.74, 6) is -0.205. The van der Waals surface area contributed by atoms with E-state index in [9.17, 15) is 14.9 Å². The van der Waals surface area contributed by atoms with Gasteiger partial charge in [-0.05, 0) is 49.4 Å². The summed E-state index contributed by atoms with van der Waals surface area (Å²) in [6.45, 7) is 5.75. The van der Waals surface area contributed by atoms with Gasteiger partial charge in [0.25, 0.3) is 11.6 Å². The van der Waals surface area contributed by atoms with Crippen molar-refractivity contribution < 1.29 is 9.72 Å². The van der Waals surface area contributed by atoms with Crippen LogP contribution in [0.3, 0.4) is 0 Å². The Morgan fingerprint density at radius 1 is 1.32 bits per heavy atom. The summed E-state index contributed by atoms with van der Waals surface area (Å²) in [6, 6.07) is 8.67. The second kappa shape index (κ2) is 7.33. The molecule has 2 heterocycles. The Kier molecular flexibility index (Phi) is 5.15. The first kappa shape index (κ1) is 17.6. The molecule has 0 radical (unpaired) electrons. The van der Waals surface area contributed by atoms with E-state index in [-0.39, 0.29) is 11.6 Å². The number of benzene rings is 1. The lowest BCUT2D eigenvalue weighted by molar-refractivity contribution is -0.384. The highest BCUT2D eigenvalue weighted by Gasteiger charge is 2.29. The Balaban J connectivity index is 1.55. The lowest BCUT2D eigenvalue weighted by Gasteiger charge is -2.38. The summed E-state index contributed by atoms with van der Waals surface area (Å²) in [5, 5.41) is 15.7. The molecule has 0 fully saturated rings. The molecule has 1 aromatic heterocycles. The number of nitro groups is 1. The molecule has 132 valence electrons. The van der Waals surface area contributed by atoms with E-state index < -0.39 is 4.92 Å². The minimum Gasteiger partial charge on any atom is -0.351 e. The largest absolute Gasteiger partial charge is 0.351 e. The molecule has 2 atom stereocenters. The molecular formula is C18H21N3O3S. The van der Waals surface area contributed by atoms with Crippen molar-refractivity contribution in [2.45, 2.75) is 32.4 Å². The Hall–Kier alpha value is -2.25. The van der Waals surface area contributed by atoms with Gasteiger partial charge in [0.05, 0.1) is 4.92 Å². The number of nitrogens with one attached hydrogen (secondary N) is 1. The topological polar surface area (TPSA) is 75.5 Å². The van der Waals surface area contributed by atoms with Crippen LogP contribution in [0.1, 0.15) is 40.7 Å². The summed E-state index contributed by atoms with van der Waals surface area (Å²) < 4.78 is 0. The maximum atomic E-state index is 12.2. The minimum absolute atomic E-state index is 0.0146.